The Morgan fingerprint density at radius 2 is 1.08 bits per heavy atom. The largest absolute Gasteiger partial charge is 0.478 e. The molecule has 0 saturated carbocycles. The van der Waals surface area contributed by atoms with Crippen LogP contribution in [0.25, 0.3) is 33.4 Å². The molecular weight excluding hydrogens is 867 g/mol. The second kappa shape index (κ2) is 21.2. The molecule has 334 valence electrons. The van der Waals surface area contributed by atoms with Crippen LogP contribution in [0.1, 0.15) is 43.0 Å². The molecule has 0 aliphatic heterocycles. The van der Waals surface area contributed by atoms with Crippen LogP contribution in [0.3, 0.4) is 0 Å². The molecule has 0 bridgehead atoms. The maximum Gasteiger partial charge on any atom is 0.338 e. The van der Waals surface area contributed by atoms with E-state index in [4.69, 9.17) is 47.4 Å². The van der Waals surface area contributed by atoms with E-state index in [-0.39, 0.29) is 5.56 Å². The van der Waals surface area contributed by atoms with E-state index in [1.165, 1.54) is 13.2 Å². The summed E-state index contributed by atoms with van der Waals surface area (Å²) in [5, 5.41) is 12.5. The van der Waals surface area contributed by atoms with Crippen LogP contribution in [-0.4, -0.2) is 108 Å². The van der Waals surface area contributed by atoms with E-state index in [2.05, 4.69) is 40.3 Å². The summed E-state index contributed by atoms with van der Waals surface area (Å²) in [4.78, 5) is 45.8. The third-order valence-electron chi connectivity index (χ3n) is 10.8. The quantitative estimate of drug-likeness (QED) is 0.0922. The normalized spacial score (nSPS) is 11.1. The molecule has 4 aromatic carbocycles. The Labute approximate surface area is 386 Å². The first-order valence-electron chi connectivity index (χ1n) is 20.6. The summed E-state index contributed by atoms with van der Waals surface area (Å²) in [6.07, 6.45) is 8.57. The minimum Gasteiger partial charge on any atom is -0.478 e. The van der Waals surface area contributed by atoms with Gasteiger partial charge in [-0.25, -0.2) is 19.6 Å². The summed E-state index contributed by atoms with van der Waals surface area (Å²) in [5.74, 6) is 1.45. The van der Waals surface area contributed by atoms with Gasteiger partial charge in [0.05, 0.1) is 42.5 Å². The number of carboxylic acid groups (broad SMARTS) is 1. The van der Waals surface area contributed by atoms with Crippen molar-refractivity contribution in [3.05, 3.63) is 165 Å². The Bertz CT molecular complexity index is 2960. The summed E-state index contributed by atoms with van der Waals surface area (Å²) in [7, 11) is 8.59. The zero-order valence-corrected chi connectivity index (χ0v) is 38.1. The molecule has 16 heteroatoms. The van der Waals surface area contributed by atoms with Crippen LogP contribution >= 0.6 is 23.2 Å². The van der Waals surface area contributed by atoms with E-state index in [1.54, 1.807) is 50.9 Å². The maximum atomic E-state index is 12.2. The molecule has 0 saturated heterocycles. The number of hydrogen-bond donors (Lipinski definition) is 1. The number of nitrogens with zero attached hydrogens (tertiary/aromatic N) is 8. The monoisotopic (exact) mass is 914 g/mol. The van der Waals surface area contributed by atoms with Crippen molar-refractivity contribution in [1.29, 1.82) is 0 Å². The van der Waals surface area contributed by atoms with Gasteiger partial charge in [0, 0.05) is 87.0 Å². The fourth-order valence-electron chi connectivity index (χ4n) is 7.32. The highest BCUT2D eigenvalue weighted by atomic mass is 35.5. The number of hydrogen-bond acceptors (Lipinski definition) is 11. The molecule has 0 atom stereocenters. The molecule has 0 aliphatic rings. The van der Waals surface area contributed by atoms with Gasteiger partial charge in [0.15, 0.2) is 0 Å². The molecule has 8 aromatic rings. The van der Waals surface area contributed by atoms with Crippen molar-refractivity contribution in [3.8, 4) is 11.6 Å². The average Bonchev–Trinajstić information content (AvgIpc) is 3.95. The van der Waals surface area contributed by atoms with E-state index in [0.29, 0.717) is 66.7 Å². The van der Waals surface area contributed by atoms with Gasteiger partial charge in [0.25, 0.3) is 0 Å². The predicted molar refractivity (Wildman–Crippen MR) is 255 cm³/mol. The van der Waals surface area contributed by atoms with Crippen LogP contribution in [0.4, 0.5) is 11.9 Å². The first-order chi connectivity index (χ1) is 31.5. The number of methoxy groups -OCH3 is 3. The molecule has 4 aromatic heterocycles. The Kier molecular flexibility index (Phi) is 15.1. The number of ether oxygens (including phenoxy) is 3. The van der Waals surface area contributed by atoms with Crippen LogP contribution in [0.5, 0.6) is 0 Å². The molecular formula is C49H48Cl2N8O6. The van der Waals surface area contributed by atoms with E-state index in [1.807, 2.05) is 81.8 Å². The molecule has 1 N–H and O–H groups in total. The van der Waals surface area contributed by atoms with Crippen molar-refractivity contribution < 1.29 is 28.9 Å². The molecule has 0 spiro atoms. The summed E-state index contributed by atoms with van der Waals surface area (Å²) >= 11 is 12.1. The van der Waals surface area contributed by atoms with E-state index >= 15 is 0 Å². The summed E-state index contributed by atoms with van der Waals surface area (Å²) in [6, 6.07) is 30.4. The fourth-order valence-corrected chi connectivity index (χ4v) is 7.66. The van der Waals surface area contributed by atoms with Crippen LogP contribution in [0.2, 0.25) is 10.0 Å². The van der Waals surface area contributed by atoms with Gasteiger partial charge in [0.1, 0.15) is 11.6 Å². The molecule has 4 heterocycles. The maximum absolute atomic E-state index is 12.2. The molecule has 8 rings (SSSR count). The number of aromatic nitrogens is 6. The van der Waals surface area contributed by atoms with Gasteiger partial charge >= 0.3 is 11.9 Å². The first-order valence-corrected chi connectivity index (χ1v) is 21.4. The van der Waals surface area contributed by atoms with E-state index < -0.39 is 11.9 Å². The van der Waals surface area contributed by atoms with E-state index in [9.17, 15) is 14.7 Å². The molecule has 0 amide bonds. The zero-order valence-electron chi connectivity index (χ0n) is 36.6. The molecule has 14 nitrogen and oxygen atoms in total. The number of carboxylic acids is 1. The number of carbonyl (C=O) groups is 2. The molecule has 0 aliphatic carbocycles. The summed E-state index contributed by atoms with van der Waals surface area (Å²) in [5.41, 5.74) is 6.43. The van der Waals surface area contributed by atoms with Gasteiger partial charge in [-0.3, -0.25) is 0 Å². The summed E-state index contributed by atoms with van der Waals surface area (Å²) < 4.78 is 19.2. The van der Waals surface area contributed by atoms with Crippen molar-refractivity contribution in [2.24, 2.45) is 0 Å². The predicted octanol–water partition coefficient (Wildman–Crippen LogP) is 8.98. The Hall–Kier alpha value is -6.84. The van der Waals surface area contributed by atoms with Crippen LogP contribution in [0.15, 0.2) is 122 Å². The highest BCUT2D eigenvalue weighted by Gasteiger charge is 2.16. The molecule has 0 radical (unpaired) electrons. The van der Waals surface area contributed by atoms with Crippen molar-refractivity contribution in [2.45, 2.75) is 12.8 Å². The van der Waals surface area contributed by atoms with Gasteiger partial charge in [0.2, 0.25) is 11.9 Å². The standard InChI is InChI=1S/C25H25ClN4O3.C24H23ClN4O3/c1-29(12-13-32-2)25-27-10-8-23(28-25)30-11-9-19-15-17(4-7-22(19)30)14-18-5-6-20(26)16-21(18)24(31)33-3;1-28(11-12-32-2)24-26-9-7-22(27-24)29-10-8-18-14-16(3-6-21(18)29)13-17-4-5-19(25)15-20(17)23(30)31/h4-11,15-16H,12-14H2,1-3H3;3-10,14-15H,11-13H2,1-2H3,(H,30,31). The highest BCUT2D eigenvalue weighted by Crippen LogP contribution is 2.27. The third-order valence-corrected chi connectivity index (χ3v) is 11.2. The van der Waals surface area contributed by atoms with Crippen LogP contribution < -0.4 is 9.80 Å². The number of benzene rings is 4. The second-order valence-electron chi connectivity index (χ2n) is 15.2. The SMILES string of the molecule is COCCN(C)c1nccc(-n2ccc3cc(Cc4ccc(Cl)cc4C(=O)O)ccc32)n1.COCCN(C)c1nccc(-n2ccc3cc(Cc4ccc(Cl)cc4C(=O)OC)ccc32)n1. The zero-order chi connectivity index (χ0) is 46.0. The highest BCUT2D eigenvalue weighted by molar-refractivity contribution is 6.31. The minimum atomic E-state index is -0.982. The van der Waals surface area contributed by atoms with Gasteiger partial charge in [-0.1, -0.05) is 47.5 Å². The lowest BCUT2D eigenvalue weighted by atomic mass is 9.99. The van der Waals surface area contributed by atoms with Gasteiger partial charge in [-0.15, -0.1) is 0 Å². The smallest absolute Gasteiger partial charge is 0.338 e. The lowest BCUT2D eigenvalue weighted by Crippen LogP contribution is -2.24. The number of anilines is 2. The number of likely N-dealkylation sites (N-methyl/N-ethyl adjacent to an activating group) is 2. The van der Waals surface area contributed by atoms with Crippen molar-refractivity contribution >= 4 is 68.8 Å². The molecule has 0 fully saturated rings. The summed E-state index contributed by atoms with van der Waals surface area (Å²) in [6.45, 7) is 2.59. The average molecular weight is 916 g/mol. The third kappa shape index (κ3) is 11.1. The van der Waals surface area contributed by atoms with Gasteiger partial charge < -0.3 is 38.3 Å². The Balaban J connectivity index is 0.000000194. The Morgan fingerprint density at radius 1 is 0.615 bits per heavy atom. The van der Waals surface area contributed by atoms with E-state index in [0.717, 1.165) is 55.7 Å². The van der Waals surface area contributed by atoms with Crippen LogP contribution in [0, 0.1) is 0 Å². The lowest BCUT2D eigenvalue weighted by molar-refractivity contribution is 0.0598. The first kappa shape index (κ1) is 46.2. The van der Waals surface area contributed by atoms with Crippen molar-refractivity contribution in [3.63, 3.8) is 0 Å². The number of fused-ring (bicyclic) bond motifs is 2. The lowest BCUT2D eigenvalue weighted by Gasteiger charge is -2.17. The van der Waals surface area contributed by atoms with Gasteiger partial charge in [-0.2, -0.15) is 9.97 Å². The van der Waals surface area contributed by atoms with Crippen molar-refractivity contribution in [2.75, 3.05) is 71.5 Å². The van der Waals surface area contributed by atoms with Crippen molar-refractivity contribution in [1.82, 2.24) is 29.1 Å². The number of rotatable bonds is 16. The Morgan fingerprint density at radius 3 is 1.52 bits per heavy atom. The van der Waals surface area contributed by atoms with Gasteiger partial charge in [-0.05, 0) is 108 Å². The molecule has 65 heavy (non-hydrogen) atoms. The fraction of sp³-hybridized carbons (Fsp3) is 0.224. The molecule has 0 unspecified atom stereocenters. The topological polar surface area (TPSA) is 150 Å². The second-order valence-corrected chi connectivity index (χ2v) is 16.0. The van der Waals surface area contributed by atoms with Crippen LogP contribution in [-0.2, 0) is 27.1 Å². The number of esters is 1. The number of carbonyl (C=O) groups excluding carboxylic acids is 1. The number of halogens is 2. The number of aromatic carboxylic acids is 1. The minimum absolute atomic E-state index is 0.223.